The predicted octanol–water partition coefficient (Wildman–Crippen LogP) is 3.50. The van der Waals surface area contributed by atoms with Gasteiger partial charge in [-0.1, -0.05) is 24.6 Å². The predicted molar refractivity (Wildman–Crippen MR) is 81.8 cm³/mol. The molecule has 0 aliphatic heterocycles. The Morgan fingerprint density at radius 1 is 1.28 bits per heavy atom. The van der Waals surface area contributed by atoms with Crippen molar-refractivity contribution in [3.8, 4) is 5.75 Å². The van der Waals surface area contributed by atoms with Crippen molar-refractivity contribution in [2.75, 3.05) is 24.7 Å². The first-order valence-electron chi connectivity index (χ1n) is 6.73. The SMILES string of the molecule is CCSCCCNC(C)COc1ccc(C)cc1. The number of hydrogen-bond acceptors (Lipinski definition) is 3. The Morgan fingerprint density at radius 2 is 2.00 bits per heavy atom. The highest BCUT2D eigenvalue weighted by Gasteiger charge is 2.02. The Morgan fingerprint density at radius 3 is 2.67 bits per heavy atom. The van der Waals surface area contributed by atoms with Crippen LogP contribution in [-0.4, -0.2) is 30.7 Å². The zero-order chi connectivity index (χ0) is 13.2. The number of hydrogen-bond donors (Lipinski definition) is 1. The number of benzene rings is 1. The van der Waals surface area contributed by atoms with E-state index in [-0.39, 0.29) is 0 Å². The Kier molecular flexibility index (Phi) is 7.94. The molecule has 0 saturated carbocycles. The van der Waals surface area contributed by atoms with Crippen LogP contribution in [0, 0.1) is 6.92 Å². The third-order valence-corrected chi connectivity index (χ3v) is 3.67. The number of ether oxygens (including phenoxy) is 1. The van der Waals surface area contributed by atoms with E-state index in [0.29, 0.717) is 6.04 Å². The van der Waals surface area contributed by atoms with Gasteiger partial charge in [0, 0.05) is 6.04 Å². The number of aryl methyl sites for hydroxylation is 1. The highest BCUT2D eigenvalue weighted by Crippen LogP contribution is 2.11. The van der Waals surface area contributed by atoms with E-state index < -0.39 is 0 Å². The highest BCUT2D eigenvalue weighted by molar-refractivity contribution is 7.99. The molecule has 3 heteroatoms. The number of rotatable bonds is 9. The maximum atomic E-state index is 5.73. The van der Waals surface area contributed by atoms with E-state index >= 15 is 0 Å². The topological polar surface area (TPSA) is 21.3 Å². The third kappa shape index (κ3) is 6.92. The van der Waals surface area contributed by atoms with Gasteiger partial charge in [0.2, 0.25) is 0 Å². The van der Waals surface area contributed by atoms with E-state index in [1.165, 1.54) is 23.5 Å². The molecule has 1 aromatic rings. The summed E-state index contributed by atoms with van der Waals surface area (Å²) in [7, 11) is 0. The third-order valence-electron chi connectivity index (χ3n) is 2.68. The summed E-state index contributed by atoms with van der Waals surface area (Å²) in [5, 5.41) is 3.48. The monoisotopic (exact) mass is 267 g/mol. The first kappa shape index (κ1) is 15.4. The lowest BCUT2D eigenvalue weighted by Crippen LogP contribution is -2.32. The molecule has 0 aromatic heterocycles. The van der Waals surface area contributed by atoms with Crippen LogP contribution in [0.1, 0.15) is 25.8 Å². The van der Waals surface area contributed by atoms with E-state index in [4.69, 9.17) is 4.74 Å². The van der Waals surface area contributed by atoms with Crippen LogP contribution in [0.25, 0.3) is 0 Å². The molecule has 0 saturated heterocycles. The number of thioether (sulfide) groups is 1. The van der Waals surface area contributed by atoms with Gasteiger partial charge in [0.25, 0.3) is 0 Å². The molecule has 0 fully saturated rings. The molecule has 0 aliphatic rings. The van der Waals surface area contributed by atoms with Gasteiger partial charge >= 0.3 is 0 Å². The van der Waals surface area contributed by atoms with Crippen LogP contribution < -0.4 is 10.1 Å². The maximum Gasteiger partial charge on any atom is 0.119 e. The molecule has 1 aromatic carbocycles. The molecule has 0 amide bonds. The van der Waals surface area contributed by atoms with Crippen molar-refractivity contribution in [3.63, 3.8) is 0 Å². The Balaban J connectivity index is 2.09. The molecule has 102 valence electrons. The average molecular weight is 267 g/mol. The summed E-state index contributed by atoms with van der Waals surface area (Å²) in [5.74, 6) is 3.41. The summed E-state index contributed by atoms with van der Waals surface area (Å²) in [6.45, 7) is 8.26. The molecule has 0 heterocycles. The van der Waals surface area contributed by atoms with Crippen molar-refractivity contribution in [1.29, 1.82) is 0 Å². The molecule has 1 N–H and O–H groups in total. The van der Waals surface area contributed by atoms with Crippen molar-refractivity contribution < 1.29 is 4.74 Å². The molecular formula is C15H25NOS. The van der Waals surface area contributed by atoms with Crippen molar-refractivity contribution in [2.45, 2.75) is 33.2 Å². The lowest BCUT2D eigenvalue weighted by molar-refractivity contribution is 0.273. The number of nitrogens with one attached hydrogen (secondary N) is 1. The van der Waals surface area contributed by atoms with Gasteiger partial charge in [-0.05, 0) is 50.5 Å². The summed E-state index contributed by atoms with van der Waals surface area (Å²) >= 11 is 2.00. The first-order chi connectivity index (χ1) is 8.72. The quantitative estimate of drug-likeness (QED) is 0.692. The van der Waals surface area contributed by atoms with Gasteiger partial charge in [0.15, 0.2) is 0 Å². The minimum Gasteiger partial charge on any atom is -0.492 e. The van der Waals surface area contributed by atoms with Crippen LogP contribution in [-0.2, 0) is 0 Å². The molecule has 1 atom stereocenters. The van der Waals surface area contributed by atoms with Gasteiger partial charge in [-0.15, -0.1) is 0 Å². The smallest absolute Gasteiger partial charge is 0.119 e. The van der Waals surface area contributed by atoms with Crippen LogP contribution >= 0.6 is 11.8 Å². The van der Waals surface area contributed by atoms with Crippen LogP contribution in [0.3, 0.4) is 0 Å². The molecule has 2 nitrogen and oxygen atoms in total. The first-order valence-corrected chi connectivity index (χ1v) is 7.88. The summed E-state index contributed by atoms with van der Waals surface area (Å²) in [6.07, 6.45) is 1.23. The molecule has 0 radical (unpaired) electrons. The zero-order valence-corrected chi connectivity index (χ0v) is 12.6. The molecule has 18 heavy (non-hydrogen) atoms. The van der Waals surface area contributed by atoms with Gasteiger partial charge < -0.3 is 10.1 Å². The van der Waals surface area contributed by atoms with Crippen LogP contribution in [0.2, 0.25) is 0 Å². The second kappa shape index (κ2) is 9.29. The summed E-state index contributed by atoms with van der Waals surface area (Å²) < 4.78 is 5.73. The minimum absolute atomic E-state index is 0.401. The standard InChI is InChI=1S/C15H25NOS/c1-4-18-11-5-10-16-14(3)12-17-15-8-6-13(2)7-9-15/h6-9,14,16H,4-5,10-12H2,1-3H3. The van der Waals surface area contributed by atoms with Crippen molar-refractivity contribution >= 4 is 11.8 Å². The van der Waals surface area contributed by atoms with Crippen molar-refractivity contribution in [1.82, 2.24) is 5.32 Å². The fraction of sp³-hybridized carbons (Fsp3) is 0.600. The minimum atomic E-state index is 0.401. The van der Waals surface area contributed by atoms with Crippen LogP contribution in [0.5, 0.6) is 5.75 Å². The van der Waals surface area contributed by atoms with E-state index in [1.54, 1.807) is 0 Å². The maximum absolute atomic E-state index is 5.73. The zero-order valence-electron chi connectivity index (χ0n) is 11.7. The Bertz CT molecular complexity index is 313. The molecule has 0 aliphatic carbocycles. The average Bonchev–Trinajstić information content (AvgIpc) is 2.38. The van der Waals surface area contributed by atoms with Crippen molar-refractivity contribution in [2.24, 2.45) is 0 Å². The lowest BCUT2D eigenvalue weighted by atomic mass is 10.2. The molecule has 1 rings (SSSR count). The van der Waals surface area contributed by atoms with E-state index in [9.17, 15) is 0 Å². The largest absolute Gasteiger partial charge is 0.492 e. The van der Waals surface area contributed by atoms with Gasteiger partial charge in [-0.3, -0.25) is 0 Å². The fourth-order valence-electron chi connectivity index (χ4n) is 1.58. The van der Waals surface area contributed by atoms with E-state index in [2.05, 4.69) is 38.2 Å². The highest BCUT2D eigenvalue weighted by atomic mass is 32.2. The Hall–Kier alpha value is -0.670. The van der Waals surface area contributed by atoms with Gasteiger partial charge in [-0.25, -0.2) is 0 Å². The van der Waals surface area contributed by atoms with Gasteiger partial charge in [0.1, 0.15) is 12.4 Å². The van der Waals surface area contributed by atoms with Gasteiger partial charge in [-0.2, -0.15) is 11.8 Å². The second-order valence-corrected chi connectivity index (χ2v) is 5.92. The van der Waals surface area contributed by atoms with Crippen molar-refractivity contribution in [3.05, 3.63) is 29.8 Å². The molecular weight excluding hydrogens is 242 g/mol. The lowest BCUT2D eigenvalue weighted by Gasteiger charge is -2.15. The summed E-state index contributed by atoms with van der Waals surface area (Å²) in [4.78, 5) is 0. The fourth-order valence-corrected chi connectivity index (χ4v) is 2.22. The normalized spacial score (nSPS) is 12.4. The van der Waals surface area contributed by atoms with Gasteiger partial charge in [0.05, 0.1) is 0 Å². The van der Waals surface area contributed by atoms with E-state index in [0.717, 1.165) is 18.9 Å². The van der Waals surface area contributed by atoms with Crippen LogP contribution in [0.15, 0.2) is 24.3 Å². The molecule has 0 bridgehead atoms. The molecule has 1 unspecified atom stereocenters. The van der Waals surface area contributed by atoms with E-state index in [1.807, 2.05) is 23.9 Å². The summed E-state index contributed by atoms with van der Waals surface area (Å²) in [6, 6.07) is 8.61. The van der Waals surface area contributed by atoms with Crippen LogP contribution in [0.4, 0.5) is 0 Å². The summed E-state index contributed by atoms with van der Waals surface area (Å²) in [5.41, 5.74) is 1.27. The Labute approximate surface area is 116 Å². The molecule has 0 spiro atoms. The second-order valence-electron chi connectivity index (χ2n) is 4.53.